The standard InChI is InChI=1S/C20H15ClN4O4/c1-11-2-7-14-15(8-11)20(28)25(19(14)27)10-16(26)22-9-17-23-18(24-29-17)12-3-5-13(21)6-4-12/h2-8H,9-10H2,1H3,(H,22,26). The van der Waals surface area contributed by atoms with E-state index in [0.717, 1.165) is 16.0 Å². The van der Waals surface area contributed by atoms with Gasteiger partial charge in [-0.3, -0.25) is 19.3 Å². The van der Waals surface area contributed by atoms with Crippen molar-refractivity contribution in [2.75, 3.05) is 6.54 Å². The Kier molecular flexibility index (Phi) is 4.85. The summed E-state index contributed by atoms with van der Waals surface area (Å²) in [6, 6.07) is 11.9. The average Bonchev–Trinajstić information content (AvgIpc) is 3.26. The number of hydrogen-bond donors (Lipinski definition) is 1. The van der Waals surface area contributed by atoms with E-state index >= 15 is 0 Å². The van der Waals surface area contributed by atoms with Crippen LogP contribution in [0.3, 0.4) is 0 Å². The molecule has 0 spiro atoms. The molecule has 0 saturated carbocycles. The van der Waals surface area contributed by atoms with Gasteiger partial charge in [0.05, 0.1) is 17.7 Å². The number of halogens is 1. The number of hydrogen-bond acceptors (Lipinski definition) is 6. The molecule has 3 amide bonds. The molecule has 8 nitrogen and oxygen atoms in total. The molecule has 0 radical (unpaired) electrons. The van der Waals surface area contributed by atoms with Crippen LogP contribution in [0.2, 0.25) is 5.02 Å². The predicted octanol–water partition coefficient (Wildman–Crippen LogP) is 2.61. The predicted molar refractivity (Wildman–Crippen MR) is 103 cm³/mol. The van der Waals surface area contributed by atoms with E-state index in [9.17, 15) is 14.4 Å². The highest BCUT2D eigenvalue weighted by Crippen LogP contribution is 2.23. The van der Waals surface area contributed by atoms with Crippen LogP contribution in [0.15, 0.2) is 47.0 Å². The molecule has 1 aliphatic heterocycles. The molecule has 0 bridgehead atoms. The summed E-state index contributed by atoms with van der Waals surface area (Å²) in [5.41, 5.74) is 2.20. The smallest absolute Gasteiger partial charge is 0.262 e. The number of nitrogens with zero attached hydrogens (tertiary/aromatic N) is 3. The second-order valence-electron chi connectivity index (χ2n) is 6.54. The average molecular weight is 411 g/mol. The summed E-state index contributed by atoms with van der Waals surface area (Å²) in [7, 11) is 0. The van der Waals surface area contributed by atoms with E-state index in [-0.39, 0.29) is 19.0 Å². The van der Waals surface area contributed by atoms with E-state index in [1.54, 1.807) is 42.5 Å². The van der Waals surface area contributed by atoms with Crippen molar-refractivity contribution in [2.45, 2.75) is 13.5 Å². The van der Waals surface area contributed by atoms with Crippen LogP contribution in [0.1, 0.15) is 32.2 Å². The van der Waals surface area contributed by atoms with Gasteiger partial charge in [0.2, 0.25) is 17.6 Å². The highest BCUT2D eigenvalue weighted by Gasteiger charge is 2.36. The first-order valence-electron chi connectivity index (χ1n) is 8.74. The molecule has 9 heteroatoms. The van der Waals surface area contributed by atoms with E-state index in [2.05, 4.69) is 15.5 Å². The highest BCUT2D eigenvalue weighted by atomic mass is 35.5. The molecule has 2 heterocycles. The number of benzene rings is 2. The van der Waals surface area contributed by atoms with E-state index in [1.807, 2.05) is 6.92 Å². The first kappa shape index (κ1) is 18.8. The number of amides is 3. The van der Waals surface area contributed by atoms with Crippen molar-refractivity contribution in [1.82, 2.24) is 20.4 Å². The van der Waals surface area contributed by atoms with Crippen molar-refractivity contribution in [3.05, 3.63) is 70.1 Å². The maximum absolute atomic E-state index is 12.4. The Morgan fingerprint density at radius 3 is 2.59 bits per heavy atom. The number of imide groups is 1. The summed E-state index contributed by atoms with van der Waals surface area (Å²) in [5, 5.41) is 7.03. The zero-order chi connectivity index (χ0) is 20.5. The fraction of sp³-hybridized carbons (Fsp3) is 0.150. The Bertz CT molecular complexity index is 1120. The summed E-state index contributed by atoms with van der Waals surface area (Å²) in [6.07, 6.45) is 0. The van der Waals surface area contributed by atoms with Gasteiger partial charge in [-0.05, 0) is 43.3 Å². The van der Waals surface area contributed by atoms with Crippen LogP contribution in [0.25, 0.3) is 11.4 Å². The van der Waals surface area contributed by atoms with E-state index < -0.39 is 17.7 Å². The van der Waals surface area contributed by atoms with Crippen LogP contribution in [-0.4, -0.2) is 39.3 Å². The maximum atomic E-state index is 12.4. The quantitative estimate of drug-likeness (QED) is 0.648. The zero-order valence-electron chi connectivity index (χ0n) is 15.3. The Morgan fingerprint density at radius 2 is 1.83 bits per heavy atom. The number of rotatable bonds is 5. The van der Waals surface area contributed by atoms with Gasteiger partial charge in [0, 0.05) is 10.6 Å². The van der Waals surface area contributed by atoms with Crippen molar-refractivity contribution in [3.8, 4) is 11.4 Å². The number of fused-ring (bicyclic) bond motifs is 1. The Morgan fingerprint density at radius 1 is 1.10 bits per heavy atom. The van der Waals surface area contributed by atoms with Crippen LogP contribution in [0, 0.1) is 6.92 Å². The highest BCUT2D eigenvalue weighted by molar-refractivity contribution is 6.30. The van der Waals surface area contributed by atoms with E-state index in [1.165, 1.54) is 0 Å². The molecular formula is C20H15ClN4O4. The van der Waals surface area contributed by atoms with Gasteiger partial charge in [-0.1, -0.05) is 28.4 Å². The summed E-state index contributed by atoms with van der Waals surface area (Å²) in [4.78, 5) is 42.2. The van der Waals surface area contributed by atoms with E-state index in [0.29, 0.717) is 22.0 Å². The third kappa shape index (κ3) is 3.74. The number of carbonyl (C=O) groups is 3. The lowest BCUT2D eigenvalue weighted by atomic mass is 10.1. The second-order valence-corrected chi connectivity index (χ2v) is 6.98. The number of aryl methyl sites for hydroxylation is 1. The summed E-state index contributed by atoms with van der Waals surface area (Å²) < 4.78 is 5.12. The molecular weight excluding hydrogens is 396 g/mol. The lowest BCUT2D eigenvalue weighted by Gasteiger charge is -2.12. The summed E-state index contributed by atoms with van der Waals surface area (Å²) in [6.45, 7) is 1.42. The van der Waals surface area contributed by atoms with Gasteiger partial charge in [-0.25, -0.2) is 0 Å². The van der Waals surface area contributed by atoms with Crippen molar-refractivity contribution >= 4 is 29.3 Å². The molecule has 4 rings (SSSR count). The minimum absolute atomic E-state index is 0.0261. The molecule has 3 aromatic rings. The summed E-state index contributed by atoms with van der Waals surface area (Å²) in [5.74, 6) is -0.917. The molecule has 1 aliphatic rings. The van der Waals surface area contributed by atoms with E-state index in [4.69, 9.17) is 16.1 Å². The molecule has 29 heavy (non-hydrogen) atoms. The number of aromatic nitrogens is 2. The fourth-order valence-electron chi connectivity index (χ4n) is 2.96. The van der Waals surface area contributed by atoms with Crippen LogP contribution in [-0.2, 0) is 11.3 Å². The van der Waals surface area contributed by atoms with Gasteiger partial charge in [0.1, 0.15) is 6.54 Å². The summed E-state index contributed by atoms with van der Waals surface area (Å²) >= 11 is 5.85. The van der Waals surface area contributed by atoms with Crippen LogP contribution in [0.4, 0.5) is 0 Å². The number of nitrogens with one attached hydrogen (secondary N) is 1. The molecule has 146 valence electrons. The largest absolute Gasteiger partial charge is 0.345 e. The lowest BCUT2D eigenvalue weighted by molar-refractivity contribution is -0.121. The Hall–Kier alpha value is -3.52. The lowest BCUT2D eigenvalue weighted by Crippen LogP contribution is -2.40. The zero-order valence-corrected chi connectivity index (χ0v) is 16.1. The first-order valence-corrected chi connectivity index (χ1v) is 9.12. The molecule has 2 aromatic carbocycles. The van der Waals surface area contributed by atoms with Gasteiger partial charge in [0.15, 0.2) is 0 Å². The molecule has 1 N–H and O–H groups in total. The minimum atomic E-state index is -0.512. The van der Waals surface area contributed by atoms with Crippen molar-refractivity contribution < 1.29 is 18.9 Å². The van der Waals surface area contributed by atoms with Gasteiger partial charge in [-0.15, -0.1) is 0 Å². The molecule has 0 atom stereocenters. The third-order valence-electron chi connectivity index (χ3n) is 4.44. The maximum Gasteiger partial charge on any atom is 0.262 e. The molecule has 0 saturated heterocycles. The molecule has 0 fully saturated rings. The van der Waals surface area contributed by atoms with Crippen LogP contribution < -0.4 is 5.32 Å². The van der Waals surface area contributed by atoms with Crippen LogP contribution >= 0.6 is 11.6 Å². The van der Waals surface area contributed by atoms with Gasteiger partial charge in [-0.2, -0.15) is 4.98 Å². The van der Waals surface area contributed by atoms with Crippen molar-refractivity contribution in [1.29, 1.82) is 0 Å². The second kappa shape index (κ2) is 7.48. The topological polar surface area (TPSA) is 105 Å². The third-order valence-corrected chi connectivity index (χ3v) is 4.69. The van der Waals surface area contributed by atoms with Crippen molar-refractivity contribution in [3.63, 3.8) is 0 Å². The SMILES string of the molecule is Cc1ccc2c(c1)C(=O)N(CC(=O)NCc1nc(-c3ccc(Cl)cc3)no1)C2=O. The van der Waals surface area contributed by atoms with Crippen LogP contribution in [0.5, 0.6) is 0 Å². The Balaban J connectivity index is 1.37. The normalized spacial score (nSPS) is 13.0. The van der Waals surface area contributed by atoms with Gasteiger partial charge < -0.3 is 9.84 Å². The number of carbonyl (C=O) groups excluding carboxylic acids is 3. The minimum Gasteiger partial charge on any atom is -0.345 e. The fourth-order valence-corrected chi connectivity index (χ4v) is 3.09. The molecule has 0 unspecified atom stereocenters. The molecule has 1 aromatic heterocycles. The monoisotopic (exact) mass is 410 g/mol. The van der Waals surface area contributed by atoms with Gasteiger partial charge >= 0.3 is 0 Å². The van der Waals surface area contributed by atoms with Crippen molar-refractivity contribution in [2.24, 2.45) is 0 Å². The Labute approximate surface area is 170 Å². The van der Waals surface area contributed by atoms with Gasteiger partial charge in [0.25, 0.3) is 11.8 Å². The molecule has 0 aliphatic carbocycles. The first-order chi connectivity index (χ1) is 13.9.